The molecule has 8 heteroatoms. The Morgan fingerprint density at radius 3 is 2.92 bits per heavy atom. The Bertz CT molecular complexity index is 667. The van der Waals surface area contributed by atoms with E-state index in [0.29, 0.717) is 6.54 Å². The Balaban J connectivity index is 1.48. The third-order valence-corrected chi connectivity index (χ3v) is 4.57. The second-order valence-electron chi connectivity index (χ2n) is 5.39. The fourth-order valence-corrected chi connectivity index (χ4v) is 3.08. The average molecular weight is 347 g/mol. The summed E-state index contributed by atoms with van der Waals surface area (Å²) in [5.41, 5.74) is 2.68. The number of anilines is 2. The topological polar surface area (TPSA) is 87.3 Å². The van der Waals surface area contributed by atoms with Crippen molar-refractivity contribution in [1.82, 2.24) is 15.6 Å². The van der Waals surface area contributed by atoms with Gasteiger partial charge in [-0.25, -0.2) is 9.78 Å². The van der Waals surface area contributed by atoms with Gasteiger partial charge < -0.3 is 26.0 Å². The van der Waals surface area contributed by atoms with Crippen molar-refractivity contribution in [3.05, 3.63) is 40.9 Å². The fourth-order valence-electron chi connectivity index (χ4n) is 2.41. The van der Waals surface area contributed by atoms with Gasteiger partial charge in [-0.05, 0) is 17.7 Å². The molecule has 4 N–H and O–H groups in total. The molecule has 0 bridgehead atoms. The zero-order chi connectivity index (χ0) is 16.8. The van der Waals surface area contributed by atoms with Crippen molar-refractivity contribution in [2.45, 2.75) is 12.6 Å². The standard InChI is InChI=1S/C16H21N5O2S/c1-17-16-21-13(10-24-16)8-19-15(22)20-12-4-2-11(3-5-12)14-9-18-6-7-23-14/h2-5,10,14,18H,6-9H2,1H3,(H,17,21)(H2,19,20,22). The molecule has 2 amide bonds. The first kappa shape index (κ1) is 16.7. The van der Waals surface area contributed by atoms with E-state index in [2.05, 4.69) is 26.3 Å². The van der Waals surface area contributed by atoms with Crippen LogP contribution in [-0.4, -0.2) is 37.8 Å². The molecule has 1 saturated heterocycles. The molecule has 1 fully saturated rings. The van der Waals surface area contributed by atoms with Crippen LogP contribution in [0.15, 0.2) is 29.6 Å². The number of nitrogens with zero attached hydrogens (tertiary/aromatic N) is 1. The summed E-state index contributed by atoms with van der Waals surface area (Å²) in [5, 5.41) is 14.6. The van der Waals surface area contributed by atoms with Gasteiger partial charge in [0.05, 0.1) is 24.9 Å². The van der Waals surface area contributed by atoms with Gasteiger partial charge in [0.15, 0.2) is 5.13 Å². The Hall–Kier alpha value is -2.16. The lowest BCUT2D eigenvalue weighted by Gasteiger charge is -2.24. The Morgan fingerprint density at radius 1 is 1.42 bits per heavy atom. The molecule has 128 valence electrons. The van der Waals surface area contributed by atoms with Crippen LogP contribution in [0.3, 0.4) is 0 Å². The SMILES string of the molecule is CNc1nc(CNC(=O)Nc2ccc(C3CNCCO3)cc2)cs1. The maximum absolute atomic E-state index is 12.0. The van der Waals surface area contributed by atoms with Gasteiger partial charge in [-0.3, -0.25) is 0 Å². The van der Waals surface area contributed by atoms with Gasteiger partial charge in [0.2, 0.25) is 0 Å². The minimum Gasteiger partial charge on any atom is -0.371 e. The van der Waals surface area contributed by atoms with Gasteiger partial charge >= 0.3 is 6.03 Å². The zero-order valence-electron chi connectivity index (χ0n) is 13.5. The number of hydrogen-bond donors (Lipinski definition) is 4. The van der Waals surface area contributed by atoms with Gasteiger partial charge in [-0.1, -0.05) is 12.1 Å². The maximum atomic E-state index is 12.0. The Labute approximate surface area is 144 Å². The molecule has 1 aromatic heterocycles. The summed E-state index contributed by atoms with van der Waals surface area (Å²) in [6.45, 7) is 2.82. The highest BCUT2D eigenvalue weighted by Crippen LogP contribution is 2.20. The highest BCUT2D eigenvalue weighted by atomic mass is 32.1. The number of thiazole rings is 1. The van der Waals surface area contributed by atoms with Crippen molar-refractivity contribution in [2.75, 3.05) is 37.4 Å². The molecule has 1 aliphatic rings. The predicted octanol–water partition coefficient (Wildman–Crippen LogP) is 2.17. The molecule has 1 aliphatic heterocycles. The van der Waals surface area contributed by atoms with E-state index in [1.807, 2.05) is 36.7 Å². The van der Waals surface area contributed by atoms with Gasteiger partial charge in [0.25, 0.3) is 0 Å². The first-order valence-corrected chi connectivity index (χ1v) is 8.72. The van der Waals surface area contributed by atoms with E-state index in [1.165, 1.54) is 11.3 Å². The second kappa shape index (κ2) is 8.09. The molecule has 0 spiro atoms. The van der Waals surface area contributed by atoms with E-state index in [1.54, 1.807) is 0 Å². The van der Waals surface area contributed by atoms with Crippen molar-refractivity contribution < 1.29 is 9.53 Å². The van der Waals surface area contributed by atoms with Crippen molar-refractivity contribution in [1.29, 1.82) is 0 Å². The molecular weight excluding hydrogens is 326 g/mol. The summed E-state index contributed by atoms with van der Waals surface area (Å²) < 4.78 is 5.71. The van der Waals surface area contributed by atoms with Crippen LogP contribution in [0.5, 0.6) is 0 Å². The number of morpholine rings is 1. The number of hydrogen-bond acceptors (Lipinski definition) is 6. The molecule has 3 rings (SSSR count). The Morgan fingerprint density at radius 2 is 2.25 bits per heavy atom. The number of amides is 2. The van der Waals surface area contributed by atoms with Crippen LogP contribution in [0, 0.1) is 0 Å². The number of nitrogens with one attached hydrogen (secondary N) is 4. The highest BCUT2D eigenvalue weighted by molar-refractivity contribution is 7.13. The van der Waals surface area contributed by atoms with Crippen molar-refractivity contribution in [3.8, 4) is 0 Å². The third-order valence-electron chi connectivity index (χ3n) is 3.66. The van der Waals surface area contributed by atoms with Crippen LogP contribution < -0.4 is 21.3 Å². The van der Waals surface area contributed by atoms with Crippen LogP contribution in [0.25, 0.3) is 0 Å². The summed E-state index contributed by atoms with van der Waals surface area (Å²) in [6.07, 6.45) is 0.0765. The van der Waals surface area contributed by atoms with E-state index in [9.17, 15) is 4.79 Å². The van der Waals surface area contributed by atoms with Crippen molar-refractivity contribution in [3.63, 3.8) is 0 Å². The van der Waals surface area contributed by atoms with E-state index >= 15 is 0 Å². The van der Waals surface area contributed by atoms with Crippen molar-refractivity contribution in [2.24, 2.45) is 0 Å². The van der Waals surface area contributed by atoms with E-state index in [0.717, 1.165) is 41.8 Å². The van der Waals surface area contributed by atoms with E-state index in [-0.39, 0.29) is 12.1 Å². The van der Waals surface area contributed by atoms with Crippen molar-refractivity contribution >= 4 is 28.2 Å². The summed E-state index contributed by atoms with van der Waals surface area (Å²) in [4.78, 5) is 16.3. The largest absolute Gasteiger partial charge is 0.371 e. The summed E-state index contributed by atoms with van der Waals surface area (Å²) in [6, 6.07) is 7.47. The Kier molecular flexibility index (Phi) is 5.63. The normalized spacial score (nSPS) is 17.3. The number of aromatic nitrogens is 1. The number of carbonyl (C=O) groups is 1. The number of urea groups is 1. The monoisotopic (exact) mass is 347 g/mol. The molecule has 24 heavy (non-hydrogen) atoms. The molecule has 2 aromatic rings. The minimum atomic E-state index is -0.252. The van der Waals surface area contributed by atoms with E-state index < -0.39 is 0 Å². The van der Waals surface area contributed by atoms with Gasteiger partial charge in [-0.15, -0.1) is 11.3 Å². The third kappa shape index (κ3) is 4.44. The molecule has 1 unspecified atom stereocenters. The van der Waals surface area contributed by atoms with Crippen LogP contribution in [0.4, 0.5) is 15.6 Å². The van der Waals surface area contributed by atoms with E-state index in [4.69, 9.17) is 4.74 Å². The lowest BCUT2D eigenvalue weighted by molar-refractivity contribution is 0.0277. The molecule has 0 radical (unpaired) electrons. The number of ether oxygens (including phenoxy) is 1. The quantitative estimate of drug-likeness (QED) is 0.666. The highest BCUT2D eigenvalue weighted by Gasteiger charge is 2.15. The minimum absolute atomic E-state index is 0.0765. The van der Waals surface area contributed by atoms with Crippen LogP contribution >= 0.6 is 11.3 Å². The first-order chi connectivity index (χ1) is 11.7. The molecule has 0 saturated carbocycles. The van der Waals surface area contributed by atoms with Gasteiger partial charge in [0, 0.05) is 31.2 Å². The first-order valence-electron chi connectivity index (χ1n) is 7.84. The molecular formula is C16H21N5O2S. The average Bonchev–Trinajstić information content (AvgIpc) is 3.10. The van der Waals surface area contributed by atoms with Crippen LogP contribution in [-0.2, 0) is 11.3 Å². The number of benzene rings is 1. The predicted molar refractivity (Wildman–Crippen MR) is 95.5 cm³/mol. The molecule has 1 atom stereocenters. The lowest BCUT2D eigenvalue weighted by Crippen LogP contribution is -2.33. The fraction of sp³-hybridized carbons (Fsp3) is 0.375. The van der Waals surface area contributed by atoms with Gasteiger partial charge in [-0.2, -0.15) is 0 Å². The summed E-state index contributed by atoms with van der Waals surface area (Å²) in [7, 11) is 1.82. The lowest BCUT2D eigenvalue weighted by atomic mass is 10.1. The maximum Gasteiger partial charge on any atom is 0.319 e. The summed E-state index contributed by atoms with van der Waals surface area (Å²) >= 11 is 1.51. The molecule has 0 aliphatic carbocycles. The number of rotatable bonds is 5. The second-order valence-corrected chi connectivity index (χ2v) is 6.25. The van der Waals surface area contributed by atoms with Crippen LogP contribution in [0.2, 0.25) is 0 Å². The van der Waals surface area contributed by atoms with Gasteiger partial charge in [0.1, 0.15) is 0 Å². The zero-order valence-corrected chi connectivity index (χ0v) is 14.3. The number of carbonyl (C=O) groups excluding carboxylic acids is 1. The van der Waals surface area contributed by atoms with Crippen LogP contribution in [0.1, 0.15) is 17.4 Å². The summed E-state index contributed by atoms with van der Waals surface area (Å²) in [5.74, 6) is 0. The molecule has 7 nitrogen and oxygen atoms in total. The molecule has 1 aromatic carbocycles. The molecule has 2 heterocycles. The smallest absolute Gasteiger partial charge is 0.319 e.